The number of hydrogen-bond donors (Lipinski definition) is 1. The smallest absolute Gasteiger partial charge is 0.306 e. The van der Waals surface area contributed by atoms with E-state index in [9.17, 15) is 19.0 Å². The molecule has 0 bridgehead atoms. The second kappa shape index (κ2) is 61.3. The molecule has 0 aromatic carbocycles. The zero-order valence-corrected chi connectivity index (χ0v) is 55.7. The molecule has 0 spiro atoms. The molecule has 9 nitrogen and oxygen atoms in total. The Kier molecular flexibility index (Phi) is 60.0. The number of nitrogens with one attached hydrogen (secondary N) is 1. The fraction of sp³-hybridized carbons (Fsp3) is 0.887. The van der Waals surface area contributed by atoms with Gasteiger partial charge in [0.1, 0.15) is 19.3 Å². The number of hydrogen-bond acceptors (Lipinski definition) is 7. The van der Waals surface area contributed by atoms with E-state index in [0.29, 0.717) is 17.4 Å². The van der Waals surface area contributed by atoms with Gasteiger partial charge in [-0.1, -0.05) is 314 Å². The van der Waals surface area contributed by atoms with E-state index in [1.807, 2.05) is 33.3 Å². The minimum Gasteiger partial charge on any atom is -0.756 e. The number of carbonyl (C=O) groups is 2. The second-order valence-electron chi connectivity index (χ2n) is 25.4. The van der Waals surface area contributed by atoms with Gasteiger partial charge in [-0.2, -0.15) is 0 Å². The number of ether oxygens (including phenoxy) is 1. The molecule has 0 radical (unpaired) electrons. The molecule has 0 aromatic heterocycles. The quantitative estimate of drug-likeness (QED) is 0.0212. The predicted molar refractivity (Wildman–Crippen MR) is 349 cm³/mol. The zero-order valence-electron chi connectivity index (χ0n) is 54.8. The van der Waals surface area contributed by atoms with Gasteiger partial charge in [0, 0.05) is 12.8 Å². The minimum absolute atomic E-state index is 0.0197. The predicted octanol–water partition coefficient (Wildman–Crippen LogP) is 21.6. The topological polar surface area (TPSA) is 114 Å². The number of esters is 1. The summed E-state index contributed by atoms with van der Waals surface area (Å²) in [7, 11) is 1.20. The van der Waals surface area contributed by atoms with Gasteiger partial charge in [-0.15, -0.1) is 0 Å². The van der Waals surface area contributed by atoms with Crippen LogP contribution in [0.3, 0.4) is 0 Å². The summed E-state index contributed by atoms with van der Waals surface area (Å²) in [5, 5.41) is 3.05. The summed E-state index contributed by atoms with van der Waals surface area (Å²) < 4.78 is 30.4. The zero-order chi connectivity index (χ0) is 59.3. The summed E-state index contributed by atoms with van der Waals surface area (Å²) in [6.07, 6.45) is 75.5. The van der Waals surface area contributed by atoms with E-state index in [-0.39, 0.29) is 31.5 Å². The first kappa shape index (κ1) is 79.2. The van der Waals surface area contributed by atoms with E-state index in [4.69, 9.17) is 13.8 Å². The van der Waals surface area contributed by atoms with Crippen LogP contribution in [0.15, 0.2) is 36.5 Å². The highest BCUT2D eigenvalue weighted by atomic mass is 31.2. The van der Waals surface area contributed by atoms with Gasteiger partial charge in [-0.25, -0.2) is 0 Å². The fourth-order valence-corrected chi connectivity index (χ4v) is 11.3. The van der Waals surface area contributed by atoms with Crippen LogP contribution in [0.4, 0.5) is 0 Å². The molecule has 1 amide bonds. The van der Waals surface area contributed by atoms with E-state index in [1.165, 1.54) is 257 Å². The van der Waals surface area contributed by atoms with Crippen molar-refractivity contribution in [2.24, 2.45) is 0 Å². The molecular weight excluding hydrogens is 1020 g/mol. The SMILES string of the molecule is CCCCC/C=C\C/C=C\CCCCCCCCCCCCCC(=O)OC(/C=C/CCCCCCCCCCC)C(COP(=O)([O-])OCC[N+](C)(C)C)NC(=O)CCCCCCCCCCCCCCCCCCCCCCCCC. The third-order valence-corrected chi connectivity index (χ3v) is 17.0. The maximum atomic E-state index is 13.6. The Labute approximate surface area is 504 Å². The molecule has 0 rings (SSSR count). The van der Waals surface area contributed by atoms with Crippen molar-refractivity contribution >= 4 is 19.7 Å². The number of carbonyl (C=O) groups excluding carboxylic acids is 2. The lowest BCUT2D eigenvalue weighted by atomic mass is 10.0. The summed E-state index contributed by atoms with van der Waals surface area (Å²) in [5.74, 6) is -0.525. The van der Waals surface area contributed by atoms with Crippen LogP contribution < -0.4 is 10.2 Å². The van der Waals surface area contributed by atoms with E-state index < -0.39 is 20.0 Å². The van der Waals surface area contributed by atoms with E-state index in [2.05, 4.69) is 50.4 Å². The lowest BCUT2D eigenvalue weighted by Crippen LogP contribution is -2.47. The van der Waals surface area contributed by atoms with Crippen molar-refractivity contribution in [2.45, 2.75) is 367 Å². The number of quaternary nitrogens is 1. The summed E-state index contributed by atoms with van der Waals surface area (Å²) in [4.78, 5) is 40.1. The van der Waals surface area contributed by atoms with Crippen LogP contribution in [0.1, 0.15) is 355 Å². The average molecular weight is 1160 g/mol. The third kappa shape index (κ3) is 62.6. The van der Waals surface area contributed by atoms with Crippen molar-refractivity contribution in [3.63, 3.8) is 0 Å². The number of allylic oxidation sites excluding steroid dienone is 5. The molecular formula is C71H137N2O7P. The molecule has 0 fully saturated rings. The fourth-order valence-electron chi connectivity index (χ4n) is 10.6. The van der Waals surface area contributed by atoms with Gasteiger partial charge in [0.25, 0.3) is 7.82 Å². The molecule has 0 heterocycles. The Balaban J connectivity index is 5.01. The Morgan fingerprint density at radius 3 is 1.14 bits per heavy atom. The second-order valence-corrected chi connectivity index (χ2v) is 26.8. The van der Waals surface area contributed by atoms with Crippen molar-refractivity contribution in [3.05, 3.63) is 36.5 Å². The number of likely N-dealkylation sites (N-methyl/N-ethyl adjacent to an activating group) is 1. The summed E-state index contributed by atoms with van der Waals surface area (Å²) in [6.45, 7) is 6.87. The number of nitrogens with zero attached hydrogens (tertiary/aromatic N) is 1. The van der Waals surface area contributed by atoms with Crippen molar-refractivity contribution < 1.29 is 37.3 Å². The van der Waals surface area contributed by atoms with Gasteiger partial charge >= 0.3 is 5.97 Å². The molecule has 3 atom stereocenters. The van der Waals surface area contributed by atoms with E-state index >= 15 is 0 Å². The highest BCUT2D eigenvalue weighted by Crippen LogP contribution is 2.38. The van der Waals surface area contributed by atoms with Crippen molar-refractivity contribution in [1.82, 2.24) is 5.32 Å². The van der Waals surface area contributed by atoms with Crippen molar-refractivity contribution in [2.75, 3.05) is 40.9 Å². The standard InChI is InChI=1S/C71H137N2O7P/c1-7-10-13-16-19-22-25-27-29-31-33-35-36-38-39-41-43-45-48-51-54-57-60-63-70(74)72-68(67-79-81(76,77)78-66-65-73(4,5)6)69(62-59-56-53-50-47-24-21-18-15-12-9-3)80-71(75)64-61-58-55-52-49-46-44-42-40-37-34-32-30-28-26-23-20-17-14-11-8-2/h20,23,28,30,59,62,68-69H,7-19,21-22,24-27,29,31-58,60-61,63-67H2,1-6H3,(H-,72,74,76,77)/b23-20-,30-28-,62-59+. The van der Waals surface area contributed by atoms with Gasteiger partial charge < -0.3 is 28.5 Å². The van der Waals surface area contributed by atoms with Crippen LogP contribution in [0.5, 0.6) is 0 Å². The molecule has 0 aliphatic heterocycles. The Morgan fingerprint density at radius 1 is 0.432 bits per heavy atom. The summed E-state index contributed by atoms with van der Waals surface area (Å²) in [6, 6.07) is -0.885. The maximum absolute atomic E-state index is 13.6. The van der Waals surface area contributed by atoms with Gasteiger partial charge in [-0.3, -0.25) is 14.2 Å². The van der Waals surface area contributed by atoms with Crippen LogP contribution in [-0.2, 0) is 27.9 Å². The number of phosphoric acid groups is 1. The van der Waals surface area contributed by atoms with Gasteiger partial charge in [0.05, 0.1) is 33.8 Å². The van der Waals surface area contributed by atoms with Crippen LogP contribution in [0.2, 0.25) is 0 Å². The lowest BCUT2D eigenvalue weighted by molar-refractivity contribution is -0.870. The summed E-state index contributed by atoms with van der Waals surface area (Å²) in [5.41, 5.74) is 0. The molecule has 0 saturated carbocycles. The van der Waals surface area contributed by atoms with Gasteiger partial charge in [-0.05, 0) is 63.9 Å². The first-order chi connectivity index (χ1) is 39.4. The van der Waals surface area contributed by atoms with Crippen LogP contribution in [0.25, 0.3) is 0 Å². The maximum Gasteiger partial charge on any atom is 0.306 e. The highest BCUT2D eigenvalue weighted by Gasteiger charge is 2.27. The van der Waals surface area contributed by atoms with E-state index in [0.717, 1.165) is 64.2 Å². The molecule has 0 saturated heterocycles. The molecule has 1 N–H and O–H groups in total. The van der Waals surface area contributed by atoms with Gasteiger partial charge in [0.2, 0.25) is 5.91 Å². The summed E-state index contributed by atoms with van der Waals surface area (Å²) >= 11 is 0. The highest BCUT2D eigenvalue weighted by molar-refractivity contribution is 7.45. The lowest BCUT2D eigenvalue weighted by Gasteiger charge is -2.30. The van der Waals surface area contributed by atoms with Crippen LogP contribution in [0, 0.1) is 0 Å². The molecule has 0 aliphatic carbocycles. The molecule has 478 valence electrons. The molecule has 81 heavy (non-hydrogen) atoms. The molecule has 10 heteroatoms. The average Bonchev–Trinajstić information content (AvgIpc) is 3.43. The van der Waals surface area contributed by atoms with Crippen LogP contribution in [-0.4, -0.2) is 69.4 Å². The normalized spacial score (nSPS) is 13.7. The van der Waals surface area contributed by atoms with Crippen LogP contribution >= 0.6 is 7.82 Å². The van der Waals surface area contributed by atoms with E-state index in [1.54, 1.807) is 0 Å². The molecule has 3 unspecified atom stereocenters. The molecule has 0 aliphatic rings. The number of phosphoric ester groups is 1. The number of unbranched alkanes of at least 4 members (excludes halogenated alkanes) is 45. The molecule has 0 aromatic rings. The number of rotatable bonds is 65. The van der Waals surface area contributed by atoms with Gasteiger partial charge in [0.15, 0.2) is 0 Å². The first-order valence-corrected chi connectivity index (χ1v) is 36.8. The number of amides is 1. The van der Waals surface area contributed by atoms with Crippen molar-refractivity contribution in [3.8, 4) is 0 Å². The monoisotopic (exact) mass is 1160 g/mol. The Morgan fingerprint density at radius 2 is 0.753 bits per heavy atom. The largest absolute Gasteiger partial charge is 0.756 e. The first-order valence-electron chi connectivity index (χ1n) is 35.3. The van der Waals surface area contributed by atoms with Crippen molar-refractivity contribution in [1.29, 1.82) is 0 Å². The minimum atomic E-state index is -4.70. The third-order valence-electron chi connectivity index (χ3n) is 16.1. The Bertz CT molecular complexity index is 1480. The Hall–Kier alpha value is -1.77.